The molecule has 2 amide bonds. The van der Waals surface area contributed by atoms with Crippen LogP contribution >= 0.6 is 0 Å². The van der Waals surface area contributed by atoms with E-state index < -0.39 is 15.8 Å². The number of hydrogen-bond donors (Lipinski definition) is 1. The monoisotopic (exact) mass is 362 g/mol. The van der Waals surface area contributed by atoms with Crippen molar-refractivity contribution in [3.63, 3.8) is 0 Å². The van der Waals surface area contributed by atoms with Gasteiger partial charge in [-0.3, -0.25) is 19.2 Å². The zero-order valence-electron chi connectivity index (χ0n) is 13.1. The largest absolute Gasteiger partial charge is 0.280 e. The summed E-state index contributed by atoms with van der Waals surface area (Å²) in [6.45, 7) is 0. The van der Waals surface area contributed by atoms with Crippen molar-refractivity contribution < 1.29 is 22.4 Å². The van der Waals surface area contributed by atoms with Gasteiger partial charge in [-0.2, -0.15) is 0 Å². The fourth-order valence-electron chi connectivity index (χ4n) is 2.58. The molecule has 1 aliphatic heterocycles. The molecule has 2 aromatic carbocycles. The van der Waals surface area contributed by atoms with Crippen molar-refractivity contribution in [2.75, 3.05) is 9.62 Å². The van der Waals surface area contributed by atoms with E-state index in [4.69, 9.17) is 0 Å². The number of amides is 2. The third-order valence-corrected chi connectivity index (χ3v) is 5.16. The zero-order valence-corrected chi connectivity index (χ0v) is 13.9. The molecular weight excluding hydrogens is 347 g/mol. The van der Waals surface area contributed by atoms with Gasteiger partial charge in [0.2, 0.25) is 11.8 Å². The van der Waals surface area contributed by atoms with Crippen LogP contribution in [-0.2, 0) is 19.6 Å². The predicted octanol–water partition coefficient (Wildman–Crippen LogP) is 2.67. The second kappa shape index (κ2) is 6.64. The number of nitrogens with one attached hydrogen (secondary N) is 1. The van der Waals surface area contributed by atoms with Gasteiger partial charge in [-0.05, 0) is 48.9 Å². The van der Waals surface area contributed by atoms with Crippen LogP contribution in [0.3, 0.4) is 0 Å². The van der Waals surface area contributed by atoms with Crippen molar-refractivity contribution in [3.05, 3.63) is 54.3 Å². The Morgan fingerprint density at radius 3 is 2.20 bits per heavy atom. The molecule has 1 heterocycles. The maximum absolute atomic E-state index is 13.2. The van der Waals surface area contributed by atoms with E-state index in [1.54, 1.807) is 0 Å². The number of carbonyl (C=O) groups is 2. The number of sulfonamides is 1. The van der Waals surface area contributed by atoms with Gasteiger partial charge in [-0.25, -0.2) is 12.8 Å². The molecule has 0 radical (unpaired) electrons. The lowest BCUT2D eigenvalue weighted by Gasteiger charge is -2.24. The fourth-order valence-corrected chi connectivity index (χ4v) is 3.63. The van der Waals surface area contributed by atoms with Gasteiger partial charge in [0.05, 0.1) is 16.3 Å². The van der Waals surface area contributed by atoms with Gasteiger partial charge in [-0.15, -0.1) is 0 Å². The highest BCUT2D eigenvalue weighted by atomic mass is 32.2. The van der Waals surface area contributed by atoms with E-state index in [1.165, 1.54) is 42.5 Å². The van der Waals surface area contributed by atoms with Crippen LogP contribution in [0.2, 0.25) is 0 Å². The van der Waals surface area contributed by atoms with Crippen LogP contribution in [0, 0.1) is 5.82 Å². The molecule has 25 heavy (non-hydrogen) atoms. The molecule has 1 aliphatic rings. The van der Waals surface area contributed by atoms with Gasteiger partial charge in [0.25, 0.3) is 10.0 Å². The lowest BCUT2D eigenvalue weighted by Crippen LogP contribution is -2.40. The van der Waals surface area contributed by atoms with Crippen molar-refractivity contribution in [3.8, 4) is 0 Å². The number of imide groups is 1. The molecule has 0 aromatic heterocycles. The summed E-state index contributed by atoms with van der Waals surface area (Å²) < 4.78 is 40.1. The van der Waals surface area contributed by atoms with E-state index in [0.717, 1.165) is 11.0 Å². The van der Waals surface area contributed by atoms with Crippen molar-refractivity contribution in [2.24, 2.45) is 0 Å². The summed E-state index contributed by atoms with van der Waals surface area (Å²) in [7, 11) is -3.91. The minimum atomic E-state index is -3.91. The van der Waals surface area contributed by atoms with Gasteiger partial charge in [0, 0.05) is 12.8 Å². The number of hydrogen-bond acceptors (Lipinski definition) is 4. The fraction of sp³-hybridized carbons (Fsp3) is 0.176. The highest BCUT2D eigenvalue weighted by Crippen LogP contribution is 2.24. The number of halogens is 1. The van der Waals surface area contributed by atoms with E-state index >= 15 is 0 Å². The van der Waals surface area contributed by atoms with Gasteiger partial charge >= 0.3 is 0 Å². The summed E-state index contributed by atoms with van der Waals surface area (Å²) in [6, 6.07) is 10.5. The number of benzene rings is 2. The van der Waals surface area contributed by atoms with Crippen molar-refractivity contribution in [1.82, 2.24) is 0 Å². The minimum absolute atomic E-state index is 0.0579. The first-order valence-electron chi connectivity index (χ1n) is 7.61. The van der Waals surface area contributed by atoms with Crippen molar-refractivity contribution in [1.29, 1.82) is 0 Å². The Morgan fingerprint density at radius 1 is 0.960 bits per heavy atom. The zero-order chi connectivity index (χ0) is 18.0. The maximum atomic E-state index is 13.2. The second-order valence-corrected chi connectivity index (χ2v) is 7.27. The molecule has 0 atom stereocenters. The molecule has 0 saturated carbocycles. The summed E-state index contributed by atoms with van der Waals surface area (Å²) in [4.78, 5) is 24.8. The number of anilines is 2. The Hall–Kier alpha value is -2.74. The van der Waals surface area contributed by atoms with Crippen molar-refractivity contribution in [2.45, 2.75) is 24.2 Å². The minimum Gasteiger partial charge on any atom is -0.280 e. The van der Waals surface area contributed by atoms with Crippen LogP contribution in [0.4, 0.5) is 15.8 Å². The van der Waals surface area contributed by atoms with E-state index in [9.17, 15) is 22.4 Å². The van der Waals surface area contributed by atoms with Gasteiger partial charge in [0.1, 0.15) is 5.82 Å². The van der Waals surface area contributed by atoms with Gasteiger partial charge in [0.15, 0.2) is 0 Å². The Bertz CT molecular complexity index is 910. The number of carbonyl (C=O) groups excluding carboxylic acids is 2. The summed E-state index contributed by atoms with van der Waals surface area (Å²) in [6.07, 6.45) is 1.10. The quantitative estimate of drug-likeness (QED) is 0.848. The van der Waals surface area contributed by atoms with Crippen LogP contribution in [0.15, 0.2) is 53.4 Å². The number of piperidine rings is 1. The third-order valence-electron chi connectivity index (χ3n) is 3.76. The van der Waals surface area contributed by atoms with E-state index in [2.05, 4.69) is 4.72 Å². The van der Waals surface area contributed by atoms with Crippen molar-refractivity contribution >= 4 is 33.2 Å². The highest BCUT2D eigenvalue weighted by molar-refractivity contribution is 7.92. The molecule has 1 fully saturated rings. The first-order chi connectivity index (χ1) is 11.9. The smallest absolute Gasteiger partial charge is 0.261 e. The molecule has 2 aromatic rings. The van der Waals surface area contributed by atoms with Crippen LogP contribution < -0.4 is 9.62 Å². The normalized spacial score (nSPS) is 15.3. The molecule has 0 aliphatic carbocycles. The maximum Gasteiger partial charge on any atom is 0.261 e. The van der Waals surface area contributed by atoms with E-state index in [1.807, 2.05) is 0 Å². The van der Waals surface area contributed by atoms with E-state index in [0.29, 0.717) is 12.1 Å². The molecular formula is C17H15FN2O4S. The molecule has 3 rings (SSSR count). The van der Waals surface area contributed by atoms with Crippen LogP contribution in [0.25, 0.3) is 0 Å². The molecule has 0 bridgehead atoms. The lowest BCUT2D eigenvalue weighted by molar-refractivity contribution is -0.129. The van der Waals surface area contributed by atoms with Gasteiger partial charge < -0.3 is 0 Å². The predicted molar refractivity (Wildman–Crippen MR) is 90.0 cm³/mol. The molecule has 1 saturated heterocycles. The highest BCUT2D eigenvalue weighted by Gasteiger charge is 2.27. The van der Waals surface area contributed by atoms with Crippen LogP contribution in [0.1, 0.15) is 19.3 Å². The van der Waals surface area contributed by atoms with Gasteiger partial charge in [-0.1, -0.05) is 6.07 Å². The first kappa shape index (κ1) is 17.1. The summed E-state index contributed by atoms with van der Waals surface area (Å²) in [5, 5.41) is 0. The molecule has 8 heteroatoms. The van der Waals surface area contributed by atoms with Crippen LogP contribution in [0.5, 0.6) is 0 Å². The standard InChI is InChI=1S/C17H15FN2O4S/c18-12-3-1-4-13(11-12)19-25(23,24)15-9-7-14(8-10-15)20-16(21)5-2-6-17(20)22/h1,3-4,7-11,19H,2,5-6H2. The number of nitrogens with zero attached hydrogens (tertiary/aromatic N) is 1. The van der Waals surface area contributed by atoms with E-state index in [-0.39, 0.29) is 35.2 Å². The molecule has 1 N–H and O–H groups in total. The average molecular weight is 362 g/mol. The average Bonchev–Trinajstić information content (AvgIpc) is 2.55. The molecule has 0 spiro atoms. The third kappa shape index (κ3) is 3.69. The second-order valence-electron chi connectivity index (χ2n) is 5.59. The topological polar surface area (TPSA) is 83.6 Å². The molecule has 0 unspecified atom stereocenters. The summed E-state index contributed by atoms with van der Waals surface area (Å²) in [5.41, 5.74) is 0.435. The summed E-state index contributed by atoms with van der Waals surface area (Å²) >= 11 is 0. The lowest BCUT2D eigenvalue weighted by atomic mass is 10.1. The Balaban J connectivity index is 1.84. The molecule has 6 nitrogen and oxygen atoms in total. The van der Waals surface area contributed by atoms with Crippen LogP contribution in [-0.4, -0.2) is 20.2 Å². The number of rotatable bonds is 4. The summed E-state index contributed by atoms with van der Waals surface area (Å²) in [5.74, 6) is -1.16. The SMILES string of the molecule is O=C1CCCC(=O)N1c1ccc(S(=O)(=O)Nc2cccc(F)c2)cc1. The first-order valence-corrected chi connectivity index (χ1v) is 9.09. The Labute approximate surface area is 144 Å². The Kier molecular flexibility index (Phi) is 4.54. The molecule has 130 valence electrons. The Morgan fingerprint density at radius 2 is 1.60 bits per heavy atom.